The summed E-state index contributed by atoms with van der Waals surface area (Å²) in [6, 6.07) is 11.5. The number of aromatic nitrogens is 1. The summed E-state index contributed by atoms with van der Waals surface area (Å²) >= 11 is 0. The Morgan fingerprint density at radius 2 is 1.96 bits per heavy atom. The minimum Gasteiger partial charge on any atom is -0.376 e. The Kier molecular flexibility index (Phi) is 6.65. The molecule has 1 fully saturated rings. The second-order valence-corrected chi connectivity index (χ2v) is 6.62. The topological polar surface area (TPSA) is 66.5 Å². The second kappa shape index (κ2) is 9.37. The zero-order valence-electron chi connectivity index (χ0n) is 16.1. The van der Waals surface area contributed by atoms with Crippen LogP contribution in [0.5, 0.6) is 0 Å². The maximum absolute atomic E-state index is 12.4. The molecule has 1 saturated heterocycles. The molecule has 0 bridgehead atoms. The molecule has 6 heteroatoms. The van der Waals surface area contributed by atoms with Crippen LogP contribution in [0, 0.1) is 0 Å². The van der Waals surface area contributed by atoms with Gasteiger partial charge < -0.3 is 20.3 Å². The van der Waals surface area contributed by atoms with Crippen molar-refractivity contribution in [1.29, 1.82) is 0 Å². The van der Waals surface area contributed by atoms with Crippen molar-refractivity contribution in [3.05, 3.63) is 48.2 Å². The smallest absolute Gasteiger partial charge is 0.257 e. The molecular formula is C21H28N4O2. The van der Waals surface area contributed by atoms with Crippen LogP contribution < -0.4 is 15.5 Å². The van der Waals surface area contributed by atoms with Gasteiger partial charge in [0.05, 0.1) is 11.7 Å². The first kappa shape index (κ1) is 19.2. The van der Waals surface area contributed by atoms with Crippen LogP contribution >= 0.6 is 0 Å². The number of carbonyl (C=O) groups is 1. The fourth-order valence-corrected chi connectivity index (χ4v) is 3.20. The zero-order chi connectivity index (χ0) is 19.1. The van der Waals surface area contributed by atoms with Crippen LogP contribution in [0.1, 0.15) is 37.0 Å². The average molecular weight is 368 g/mol. The maximum Gasteiger partial charge on any atom is 0.257 e. The lowest BCUT2D eigenvalue weighted by molar-refractivity contribution is 0.102. The molecule has 27 heavy (non-hydrogen) atoms. The van der Waals surface area contributed by atoms with Crippen molar-refractivity contribution in [3.63, 3.8) is 0 Å². The minimum atomic E-state index is -0.163. The third-order valence-corrected chi connectivity index (χ3v) is 4.81. The number of ether oxygens (including phenoxy) is 1. The van der Waals surface area contributed by atoms with Crippen LogP contribution in [0.4, 0.5) is 17.2 Å². The van der Waals surface area contributed by atoms with Gasteiger partial charge in [0.25, 0.3) is 5.91 Å². The normalized spacial score (nSPS) is 16.1. The minimum absolute atomic E-state index is 0.163. The number of hydrogen-bond acceptors (Lipinski definition) is 5. The quantitative estimate of drug-likeness (QED) is 0.742. The van der Waals surface area contributed by atoms with Crippen LogP contribution in [0.25, 0.3) is 0 Å². The molecular weight excluding hydrogens is 340 g/mol. The standard InChI is InChI=1S/C21H28N4O2/c1-3-25(4-2)18-10-8-17(9-11-18)24-21(26)16-7-12-20(22-14-16)23-15-19-6-5-13-27-19/h7-12,14,19H,3-6,13,15H2,1-2H3,(H,22,23)(H,24,26). The van der Waals surface area contributed by atoms with E-state index in [4.69, 9.17) is 4.74 Å². The van der Waals surface area contributed by atoms with Crippen molar-refractivity contribution in [2.75, 3.05) is 41.8 Å². The molecule has 0 spiro atoms. The van der Waals surface area contributed by atoms with Crippen molar-refractivity contribution in [3.8, 4) is 0 Å². The number of hydrogen-bond donors (Lipinski definition) is 2. The van der Waals surface area contributed by atoms with E-state index in [1.807, 2.05) is 30.3 Å². The summed E-state index contributed by atoms with van der Waals surface area (Å²) in [5, 5.41) is 6.18. The highest BCUT2D eigenvalue weighted by molar-refractivity contribution is 6.04. The van der Waals surface area contributed by atoms with Gasteiger partial charge in [0.15, 0.2) is 0 Å². The Hall–Kier alpha value is -2.60. The molecule has 2 aromatic rings. The molecule has 144 valence electrons. The van der Waals surface area contributed by atoms with E-state index < -0.39 is 0 Å². The lowest BCUT2D eigenvalue weighted by Crippen LogP contribution is -2.21. The van der Waals surface area contributed by atoms with Crippen molar-refractivity contribution in [2.24, 2.45) is 0 Å². The summed E-state index contributed by atoms with van der Waals surface area (Å²) in [7, 11) is 0. The molecule has 6 nitrogen and oxygen atoms in total. The predicted molar refractivity (Wildman–Crippen MR) is 110 cm³/mol. The fraction of sp³-hybridized carbons (Fsp3) is 0.429. The Bertz CT molecular complexity index is 721. The van der Waals surface area contributed by atoms with Gasteiger partial charge in [-0.25, -0.2) is 4.98 Å². The Balaban J connectivity index is 1.54. The molecule has 1 unspecified atom stereocenters. The Labute approximate surface area is 160 Å². The van der Waals surface area contributed by atoms with Crippen LogP contribution in [-0.4, -0.2) is 43.2 Å². The van der Waals surface area contributed by atoms with E-state index in [0.717, 1.165) is 56.3 Å². The number of nitrogens with one attached hydrogen (secondary N) is 2. The Morgan fingerprint density at radius 1 is 1.19 bits per heavy atom. The van der Waals surface area contributed by atoms with E-state index in [-0.39, 0.29) is 12.0 Å². The monoisotopic (exact) mass is 368 g/mol. The Morgan fingerprint density at radius 3 is 2.56 bits per heavy atom. The fourth-order valence-electron chi connectivity index (χ4n) is 3.20. The number of pyridine rings is 1. The van der Waals surface area contributed by atoms with Crippen molar-refractivity contribution in [1.82, 2.24) is 4.98 Å². The predicted octanol–water partition coefficient (Wildman–Crippen LogP) is 3.77. The van der Waals surface area contributed by atoms with Gasteiger partial charge in [-0.15, -0.1) is 0 Å². The van der Waals surface area contributed by atoms with Crippen LogP contribution in [0.2, 0.25) is 0 Å². The first-order valence-corrected chi connectivity index (χ1v) is 9.67. The molecule has 1 atom stereocenters. The highest BCUT2D eigenvalue weighted by atomic mass is 16.5. The summed E-state index contributed by atoms with van der Waals surface area (Å²) in [6.07, 6.45) is 4.06. The first-order valence-electron chi connectivity index (χ1n) is 9.67. The van der Waals surface area contributed by atoms with E-state index in [0.29, 0.717) is 5.56 Å². The van der Waals surface area contributed by atoms with E-state index in [2.05, 4.69) is 34.4 Å². The van der Waals surface area contributed by atoms with Gasteiger partial charge in [0, 0.05) is 43.8 Å². The summed E-state index contributed by atoms with van der Waals surface area (Å²) in [6.45, 7) is 7.77. The SMILES string of the molecule is CCN(CC)c1ccc(NC(=O)c2ccc(NCC3CCCO3)nc2)cc1. The summed E-state index contributed by atoms with van der Waals surface area (Å²) in [4.78, 5) is 19.0. The average Bonchev–Trinajstić information content (AvgIpc) is 3.22. The maximum atomic E-state index is 12.4. The van der Waals surface area contributed by atoms with Gasteiger partial charge in [-0.05, 0) is 63.1 Å². The molecule has 1 aromatic heterocycles. The molecule has 3 rings (SSSR count). The summed E-state index contributed by atoms with van der Waals surface area (Å²) < 4.78 is 5.58. The van der Waals surface area contributed by atoms with Gasteiger partial charge in [0.1, 0.15) is 5.82 Å². The van der Waals surface area contributed by atoms with Gasteiger partial charge in [0.2, 0.25) is 0 Å². The third-order valence-electron chi connectivity index (χ3n) is 4.81. The van der Waals surface area contributed by atoms with E-state index >= 15 is 0 Å². The number of amides is 1. The number of anilines is 3. The lowest BCUT2D eigenvalue weighted by Gasteiger charge is -2.21. The summed E-state index contributed by atoms with van der Waals surface area (Å²) in [5.74, 6) is 0.592. The molecule has 1 aromatic carbocycles. The van der Waals surface area contributed by atoms with Gasteiger partial charge in [-0.3, -0.25) is 4.79 Å². The lowest BCUT2D eigenvalue weighted by atomic mass is 10.2. The second-order valence-electron chi connectivity index (χ2n) is 6.62. The molecule has 0 radical (unpaired) electrons. The first-order chi connectivity index (χ1) is 13.2. The van der Waals surface area contributed by atoms with Crippen molar-refractivity contribution >= 4 is 23.1 Å². The van der Waals surface area contributed by atoms with Crippen molar-refractivity contribution < 1.29 is 9.53 Å². The molecule has 2 heterocycles. The molecule has 2 N–H and O–H groups in total. The number of nitrogens with zero attached hydrogens (tertiary/aromatic N) is 2. The van der Waals surface area contributed by atoms with E-state index in [9.17, 15) is 4.79 Å². The van der Waals surface area contributed by atoms with Gasteiger partial charge in [-0.1, -0.05) is 0 Å². The highest BCUT2D eigenvalue weighted by Crippen LogP contribution is 2.18. The third kappa shape index (κ3) is 5.20. The molecule has 0 aliphatic carbocycles. The molecule has 0 saturated carbocycles. The summed E-state index contributed by atoms with van der Waals surface area (Å²) in [5.41, 5.74) is 2.46. The number of carbonyl (C=O) groups excluding carboxylic acids is 1. The highest BCUT2D eigenvalue weighted by Gasteiger charge is 2.15. The van der Waals surface area contributed by atoms with Crippen LogP contribution in [-0.2, 0) is 4.74 Å². The van der Waals surface area contributed by atoms with Crippen LogP contribution in [0.3, 0.4) is 0 Å². The van der Waals surface area contributed by atoms with E-state index in [1.54, 1.807) is 12.3 Å². The number of rotatable bonds is 8. The molecule has 1 amide bonds. The molecule has 1 aliphatic heterocycles. The van der Waals surface area contributed by atoms with Crippen molar-refractivity contribution in [2.45, 2.75) is 32.8 Å². The van der Waals surface area contributed by atoms with Gasteiger partial charge in [-0.2, -0.15) is 0 Å². The molecule has 1 aliphatic rings. The number of benzene rings is 1. The van der Waals surface area contributed by atoms with Gasteiger partial charge >= 0.3 is 0 Å². The largest absolute Gasteiger partial charge is 0.376 e. The zero-order valence-corrected chi connectivity index (χ0v) is 16.1. The van der Waals surface area contributed by atoms with E-state index in [1.165, 1.54) is 0 Å². The van der Waals surface area contributed by atoms with Crippen LogP contribution in [0.15, 0.2) is 42.6 Å².